The van der Waals surface area contributed by atoms with Crippen LogP contribution in [0.3, 0.4) is 0 Å². The van der Waals surface area contributed by atoms with E-state index in [1.807, 2.05) is 0 Å². The van der Waals surface area contributed by atoms with Crippen LogP contribution in [0.5, 0.6) is 0 Å². The smallest absolute Gasteiger partial charge is 0.307 e. The number of benzene rings is 1. The molecule has 0 saturated heterocycles. The predicted molar refractivity (Wildman–Crippen MR) is 79.3 cm³/mol. The van der Waals surface area contributed by atoms with Crippen LogP contribution in [0.1, 0.15) is 36.5 Å². The van der Waals surface area contributed by atoms with Crippen LogP contribution < -0.4 is 5.32 Å². The molecule has 1 aromatic rings. The maximum absolute atomic E-state index is 11.8. The van der Waals surface area contributed by atoms with Crippen molar-refractivity contribution in [2.75, 3.05) is 13.2 Å². The molecular weight excluding hydrogens is 294 g/mol. The third-order valence-corrected chi connectivity index (χ3v) is 2.95. The summed E-state index contributed by atoms with van der Waals surface area (Å²) in [5.74, 6) is -0.733. The quantitative estimate of drug-likeness (QED) is 0.591. The Kier molecular flexibility index (Phi) is 7.46. The topological polar surface area (TPSA) is 72.5 Å². The average Bonchev–Trinajstić information content (AvgIpc) is 2.46. The number of ether oxygens (including phenoxy) is 1. The SMILES string of the molecule is CCOC(=O)CCNC(=O)CCC(=O)c1ccc(Cl)cc1. The Morgan fingerprint density at radius 3 is 2.38 bits per heavy atom. The molecule has 0 unspecified atom stereocenters. The van der Waals surface area contributed by atoms with Crippen molar-refractivity contribution in [1.82, 2.24) is 5.32 Å². The fourth-order valence-corrected chi connectivity index (χ4v) is 1.76. The van der Waals surface area contributed by atoms with E-state index >= 15 is 0 Å². The lowest BCUT2D eigenvalue weighted by Crippen LogP contribution is -2.26. The summed E-state index contributed by atoms with van der Waals surface area (Å²) in [7, 11) is 0. The number of carbonyl (C=O) groups excluding carboxylic acids is 3. The number of amides is 1. The first-order valence-corrected chi connectivity index (χ1v) is 7.11. The maximum atomic E-state index is 11.8. The molecule has 1 aromatic carbocycles. The van der Waals surface area contributed by atoms with Gasteiger partial charge in [0.05, 0.1) is 13.0 Å². The summed E-state index contributed by atoms with van der Waals surface area (Å²) >= 11 is 5.74. The highest BCUT2D eigenvalue weighted by Gasteiger charge is 2.09. The fourth-order valence-electron chi connectivity index (χ4n) is 1.63. The van der Waals surface area contributed by atoms with Gasteiger partial charge in [0.2, 0.25) is 5.91 Å². The van der Waals surface area contributed by atoms with Gasteiger partial charge in [-0.3, -0.25) is 14.4 Å². The monoisotopic (exact) mass is 311 g/mol. The molecule has 0 heterocycles. The van der Waals surface area contributed by atoms with E-state index in [0.717, 1.165) is 0 Å². The first-order valence-electron chi connectivity index (χ1n) is 6.74. The summed E-state index contributed by atoms with van der Waals surface area (Å²) in [4.78, 5) is 34.4. The number of Topliss-reactive ketones (excluding diaryl/α,β-unsaturated/α-hetero) is 1. The van der Waals surface area contributed by atoms with Crippen molar-refractivity contribution in [1.29, 1.82) is 0 Å². The number of halogens is 1. The Bertz CT molecular complexity index is 499. The van der Waals surface area contributed by atoms with Crippen LogP contribution in [-0.2, 0) is 14.3 Å². The summed E-state index contributed by atoms with van der Waals surface area (Å²) in [5, 5.41) is 3.13. The summed E-state index contributed by atoms with van der Waals surface area (Å²) in [5.41, 5.74) is 0.527. The van der Waals surface area contributed by atoms with Crippen molar-refractivity contribution in [3.63, 3.8) is 0 Å². The number of esters is 1. The number of carbonyl (C=O) groups is 3. The van der Waals surface area contributed by atoms with Gasteiger partial charge >= 0.3 is 5.97 Å². The first kappa shape index (κ1) is 17.2. The molecule has 0 radical (unpaired) electrons. The molecule has 21 heavy (non-hydrogen) atoms. The van der Waals surface area contributed by atoms with Gasteiger partial charge in [0, 0.05) is 30.0 Å². The zero-order valence-corrected chi connectivity index (χ0v) is 12.6. The molecule has 0 fully saturated rings. The molecule has 0 saturated carbocycles. The van der Waals surface area contributed by atoms with Crippen LogP contribution in [0.2, 0.25) is 5.02 Å². The lowest BCUT2D eigenvalue weighted by Gasteiger charge is -2.05. The highest BCUT2D eigenvalue weighted by molar-refractivity contribution is 6.30. The molecule has 0 aliphatic rings. The minimum atomic E-state index is -0.352. The molecule has 0 spiro atoms. The maximum Gasteiger partial charge on any atom is 0.307 e. The van der Waals surface area contributed by atoms with Crippen LogP contribution in [0.25, 0.3) is 0 Å². The second-order valence-electron chi connectivity index (χ2n) is 4.34. The molecule has 0 aromatic heterocycles. The third-order valence-electron chi connectivity index (χ3n) is 2.70. The van der Waals surface area contributed by atoms with Gasteiger partial charge in [-0.1, -0.05) is 11.6 Å². The van der Waals surface area contributed by atoms with Gasteiger partial charge in [-0.05, 0) is 31.2 Å². The minimum Gasteiger partial charge on any atom is -0.466 e. The number of ketones is 1. The lowest BCUT2D eigenvalue weighted by atomic mass is 10.1. The zero-order valence-electron chi connectivity index (χ0n) is 11.9. The zero-order chi connectivity index (χ0) is 15.7. The number of hydrogen-bond acceptors (Lipinski definition) is 4. The van der Waals surface area contributed by atoms with E-state index in [9.17, 15) is 14.4 Å². The highest BCUT2D eigenvalue weighted by Crippen LogP contribution is 2.11. The fraction of sp³-hybridized carbons (Fsp3) is 0.400. The second-order valence-corrected chi connectivity index (χ2v) is 4.77. The van der Waals surface area contributed by atoms with E-state index in [2.05, 4.69) is 5.32 Å². The van der Waals surface area contributed by atoms with Gasteiger partial charge in [-0.25, -0.2) is 0 Å². The minimum absolute atomic E-state index is 0.0876. The predicted octanol–water partition coefficient (Wildman–Crippen LogP) is 2.37. The molecular formula is C15H18ClNO4. The number of hydrogen-bond donors (Lipinski definition) is 1. The van der Waals surface area contributed by atoms with Gasteiger partial charge in [-0.2, -0.15) is 0 Å². The molecule has 6 heteroatoms. The van der Waals surface area contributed by atoms with Crippen molar-refractivity contribution in [2.24, 2.45) is 0 Å². The lowest BCUT2D eigenvalue weighted by molar-refractivity contribution is -0.143. The van der Waals surface area contributed by atoms with E-state index in [1.54, 1.807) is 31.2 Å². The van der Waals surface area contributed by atoms with Gasteiger partial charge < -0.3 is 10.1 Å². The van der Waals surface area contributed by atoms with Crippen LogP contribution >= 0.6 is 11.6 Å². The van der Waals surface area contributed by atoms with E-state index in [1.165, 1.54) is 0 Å². The van der Waals surface area contributed by atoms with E-state index in [0.29, 0.717) is 17.2 Å². The van der Waals surface area contributed by atoms with Crippen LogP contribution in [-0.4, -0.2) is 30.8 Å². The van der Waals surface area contributed by atoms with Crippen molar-refractivity contribution in [3.05, 3.63) is 34.9 Å². The molecule has 1 amide bonds. The Labute approximate surface area is 128 Å². The van der Waals surface area contributed by atoms with Gasteiger partial charge in [0.15, 0.2) is 5.78 Å². The Morgan fingerprint density at radius 1 is 1.10 bits per heavy atom. The molecule has 0 aliphatic carbocycles. The standard InChI is InChI=1S/C15H18ClNO4/c1-2-21-15(20)9-10-17-14(19)8-7-13(18)11-3-5-12(16)6-4-11/h3-6H,2,7-10H2,1H3,(H,17,19). The molecule has 1 rings (SSSR count). The van der Waals surface area contributed by atoms with Gasteiger partial charge in [0.1, 0.15) is 0 Å². The van der Waals surface area contributed by atoms with Crippen LogP contribution in [0, 0.1) is 0 Å². The van der Waals surface area contributed by atoms with Gasteiger partial charge in [-0.15, -0.1) is 0 Å². The largest absolute Gasteiger partial charge is 0.466 e. The summed E-state index contributed by atoms with van der Waals surface area (Å²) < 4.78 is 4.73. The molecule has 0 aliphatic heterocycles. The van der Waals surface area contributed by atoms with Crippen molar-refractivity contribution in [2.45, 2.75) is 26.2 Å². The van der Waals surface area contributed by atoms with E-state index in [4.69, 9.17) is 16.3 Å². The molecule has 5 nitrogen and oxygen atoms in total. The summed E-state index contributed by atoms with van der Waals surface area (Å²) in [6.07, 6.45) is 0.335. The number of rotatable bonds is 8. The van der Waals surface area contributed by atoms with Crippen LogP contribution in [0.15, 0.2) is 24.3 Å². The first-order chi connectivity index (χ1) is 10.0. The second kappa shape index (κ2) is 9.13. The Hall–Kier alpha value is -1.88. The van der Waals surface area contributed by atoms with Crippen molar-refractivity contribution in [3.8, 4) is 0 Å². The molecule has 0 atom stereocenters. The molecule has 1 N–H and O–H groups in total. The third kappa shape index (κ3) is 6.90. The van der Waals surface area contributed by atoms with E-state index < -0.39 is 0 Å². The molecule has 114 valence electrons. The highest BCUT2D eigenvalue weighted by atomic mass is 35.5. The van der Waals surface area contributed by atoms with Gasteiger partial charge in [0.25, 0.3) is 0 Å². The van der Waals surface area contributed by atoms with E-state index in [-0.39, 0.29) is 43.5 Å². The Morgan fingerprint density at radius 2 is 1.76 bits per heavy atom. The molecule has 0 bridgehead atoms. The Balaban J connectivity index is 2.25. The van der Waals surface area contributed by atoms with Crippen molar-refractivity contribution < 1.29 is 19.1 Å². The summed E-state index contributed by atoms with van der Waals surface area (Å²) in [6.45, 7) is 2.26. The average molecular weight is 312 g/mol. The van der Waals surface area contributed by atoms with Crippen molar-refractivity contribution >= 4 is 29.3 Å². The normalized spacial score (nSPS) is 10.0. The summed E-state index contributed by atoms with van der Waals surface area (Å²) in [6, 6.07) is 6.52. The van der Waals surface area contributed by atoms with Crippen LogP contribution in [0.4, 0.5) is 0 Å². The number of nitrogens with one attached hydrogen (secondary N) is 1.